The van der Waals surface area contributed by atoms with E-state index >= 15 is 0 Å². The maximum absolute atomic E-state index is 10.0. The van der Waals surface area contributed by atoms with Crippen LogP contribution in [0.4, 0.5) is 0 Å². The van der Waals surface area contributed by atoms with Crippen LogP contribution < -0.4 is 0 Å². The monoisotopic (exact) mass is 141 g/mol. The summed E-state index contributed by atoms with van der Waals surface area (Å²) in [6.07, 6.45) is 0. The second-order valence-corrected chi connectivity index (χ2v) is 0.983. The Morgan fingerprint density at radius 3 is 1.33 bits per heavy atom. The van der Waals surface area contributed by atoms with Crippen LogP contribution in [-0.2, 0) is 19.1 Å². The van der Waals surface area contributed by atoms with Crippen molar-refractivity contribution in [2.45, 2.75) is 0 Å². The third kappa shape index (κ3) is 4.44. The Hall–Kier alpha value is -0.0600. The van der Waals surface area contributed by atoms with Crippen molar-refractivity contribution in [1.29, 1.82) is 0 Å². The van der Waals surface area contributed by atoms with E-state index in [1.165, 1.54) is 0 Å². The van der Waals surface area contributed by atoms with E-state index in [0.29, 0.717) is 0 Å². The molecule has 0 aromatic carbocycles. The SMILES string of the molecule is COC(=O)C(=O)OC.[Na]. The predicted octanol–water partition coefficient (Wildman–Crippen LogP) is -1.05. The molecule has 0 atom stereocenters. The van der Waals surface area contributed by atoms with Crippen molar-refractivity contribution in [2.24, 2.45) is 0 Å². The van der Waals surface area contributed by atoms with Gasteiger partial charge in [0.25, 0.3) is 0 Å². The topological polar surface area (TPSA) is 52.6 Å². The Balaban J connectivity index is 0. The molecule has 47 valence electrons. The molecule has 0 bridgehead atoms. The van der Waals surface area contributed by atoms with E-state index in [9.17, 15) is 9.59 Å². The Morgan fingerprint density at radius 2 is 1.22 bits per heavy atom. The van der Waals surface area contributed by atoms with Crippen LogP contribution in [0.15, 0.2) is 0 Å². The zero-order valence-electron chi connectivity index (χ0n) is 5.63. The first kappa shape index (κ1) is 11.7. The van der Waals surface area contributed by atoms with Crippen LogP contribution in [0.3, 0.4) is 0 Å². The number of hydrogen-bond donors (Lipinski definition) is 0. The number of hydrogen-bond acceptors (Lipinski definition) is 4. The quantitative estimate of drug-likeness (QED) is 0.245. The van der Waals surface area contributed by atoms with E-state index in [2.05, 4.69) is 9.47 Å². The summed E-state index contributed by atoms with van der Waals surface area (Å²) in [5.74, 6) is -1.96. The molecule has 9 heavy (non-hydrogen) atoms. The van der Waals surface area contributed by atoms with Gasteiger partial charge in [-0.25, -0.2) is 9.59 Å². The van der Waals surface area contributed by atoms with Gasteiger partial charge in [-0.2, -0.15) is 0 Å². The Kier molecular flexibility index (Phi) is 7.89. The first-order chi connectivity index (χ1) is 3.72. The molecule has 0 aliphatic rings. The van der Waals surface area contributed by atoms with Crippen LogP contribution >= 0.6 is 0 Å². The Bertz CT molecular complexity index is 97.1. The normalized spacial score (nSPS) is 6.89. The molecular formula is C4H6NaO4. The van der Waals surface area contributed by atoms with Crippen molar-refractivity contribution < 1.29 is 19.1 Å². The first-order valence-electron chi connectivity index (χ1n) is 1.88. The van der Waals surface area contributed by atoms with Gasteiger partial charge in [0, 0.05) is 29.6 Å². The largest absolute Gasteiger partial charge is 0.461 e. The second-order valence-electron chi connectivity index (χ2n) is 0.983. The molecule has 0 aromatic rings. The number of carbonyl (C=O) groups excluding carboxylic acids is 2. The van der Waals surface area contributed by atoms with Gasteiger partial charge in [0.15, 0.2) is 0 Å². The van der Waals surface area contributed by atoms with Gasteiger partial charge < -0.3 is 9.47 Å². The molecule has 0 saturated heterocycles. The Morgan fingerprint density at radius 1 is 1.00 bits per heavy atom. The minimum atomic E-state index is -0.979. The smallest absolute Gasteiger partial charge is 0.417 e. The first-order valence-corrected chi connectivity index (χ1v) is 1.88. The van der Waals surface area contributed by atoms with E-state index < -0.39 is 11.9 Å². The van der Waals surface area contributed by atoms with Crippen molar-refractivity contribution in [3.63, 3.8) is 0 Å². The molecule has 0 aromatic heterocycles. The van der Waals surface area contributed by atoms with Crippen molar-refractivity contribution in [3.8, 4) is 0 Å². The summed E-state index contributed by atoms with van der Waals surface area (Å²) in [5.41, 5.74) is 0. The van der Waals surface area contributed by atoms with Crippen molar-refractivity contribution in [3.05, 3.63) is 0 Å². The van der Waals surface area contributed by atoms with Gasteiger partial charge in [-0.15, -0.1) is 0 Å². The summed E-state index contributed by atoms with van der Waals surface area (Å²) < 4.78 is 7.98. The fraction of sp³-hybridized carbons (Fsp3) is 0.500. The number of ether oxygens (including phenoxy) is 2. The van der Waals surface area contributed by atoms with Crippen molar-refractivity contribution >= 4 is 41.5 Å². The standard InChI is InChI=1S/C4H6O4.Na/c1-7-3(5)4(6)8-2;/h1-2H3;. The molecule has 0 saturated carbocycles. The summed E-state index contributed by atoms with van der Waals surface area (Å²) in [6, 6.07) is 0. The van der Waals surface area contributed by atoms with Crippen molar-refractivity contribution in [1.82, 2.24) is 0 Å². The zero-order valence-corrected chi connectivity index (χ0v) is 7.63. The molecule has 0 N–H and O–H groups in total. The van der Waals surface area contributed by atoms with Crippen LogP contribution in [0, 0.1) is 0 Å². The van der Waals surface area contributed by atoms with Gasteiger partial charge in [0.2, 0.25) is 0 Å². The van der Waals surface area contributed by atoms with E-state index in [-0.39, 0.29) is 29.6 Å². The fourth-order valence-corrected chi connectivity index (χ4v) is 0.167. The summed E-state index contributed by atoms with van der Waals surface area (Å²) in [6.45, 7) is 0. The molecule has 0 aliphatic heterocycles. The summed E-state index contributed by atoms with van der Waals surface area (Å²) in [7, 11) is 2.22. The minimum Gasteiger partial charge on any atom is -0.461 e. The van der Waals surface area contributed by atoms with E-state index in [4.69, 9.17) is 0 Å². The molecule has 0 spiro atoms. The van der Waals surface area contributed by atoms with Gasteiger partial charge in [0.1, 0.15) is 0 Å². The predicted molar refractivity (Wildman–Crippen MR) is 29.8 cm³/mol. The summed E-state index contributed by atoms with van der Waals surface area (Å²) >= 11 is 0. The third-order valence-corrected chi connectivity index (χ3v) is 0.537. The molecule has 0 unspecified atom stereocenters. The molecular weight excluding hydrogens is 135 g/mol. The fourth-order valence-electron chi connectivity index (χ4n) is 0.167. The van der Waals surface area contributed by atoms with Gasteiger partial charge in [-0.3, -0.25) is 0 Å². The van der Waals surface area contributed by atoms with Gasteiger partial charge in [0.05, 0.1) is 14.2 Å². The maximum Gasteiger partial charge on any atom is 0.417 e. The van der Waals surface area contributed by atoms with Crippen LogP contribution in [0.2, 0.25) is 0 Å². The molecule has 5 heteroatoms. The van der Waals surface area contributed by atoms with Crippen LogP contribution in [0.1, 0.15) is 0 Å². The van der Waals surface area contributed by atoms with Crippen LogP contribution in [0.25, 0.3) is 0 Å². The third-order valence-electron chi connectivity index (χ3n) is 0.537. The number of carbonyl (C=O) groups is 2. The summed E-state index contributed by atoms with van der Waals surface area (Å²) in [4.78, 5) is 20.1. The number of methoxy groups -OCH3 is 2. The van der Waals surface area contributed by atoms with E-state index in [0.717, 1.165) is 14.2 Å². The average Bonchev–Trinajstić information content (AvgIpc) is 1.84. The average molecular weight is 141 g/mol. The summed E-state index contributed by atoms with van der Waals surface area (Å²) in [5, 5.41) is 0. The number of rotatable bonds is 0. The molecule has 0 aliphatic carbocycles. The molecule has 1 radical (unpaired) electrons. The number of esters is 2. The molecule has 4 nitrogen and oxygen atoms in total. The van der Waals surface area contributed by atoms with Crippen LogP contribution in [-0.4, -0.2) is 55.7 Å². The molecule has 0 amide bonds. The van der Waals surface area contributed by atoms with E-state index in [1.807, 2.05) is 0 Å². The second kappa shape index (κ2) is 6.07. The van der Waals surface area contributed by atoms with Crippen LogP contribution in [0.5, 0.6) is 0 Å². The van der Waals surface area contributed by atoms with Gasteiger partial charge in [-0.1, -0.05) is 0 Å². The van der Waals surface area contributed by atoms with Gasteiger partial charge >= 0.3 is 11.9 Å². The Labute approximate surface area is 74.8 Å². The van der Waals surface area contributed by atoms with E-state index in [1.54, 1.807) is 0 Å². The maximum atomic E-state index is 10.0. The zero-order chi connectivity index (χ0) is 6.57. The van der Waals surface area contributed by atoms with Crippen molar-refractivity contribution in [2.75, 3.05) is 14.2 Å². The minimum absolute atomic E-state index is 0. The van der Waals surface area contributed by atoms with Gasteiger partial charge in [-0.05, 0) is 0 Å². The molecule has 0 fully saturated rings. The molecule has 0 rings (SSSR count). The molecule has 0 heterocycles.